The molecule has 0 aliphatic carbocycles. The molecule has 150 valence electrons. The molecule has 0 bridgehead atoms. The lowest BCUT2D eigenvalue weighted by Gasteiger charge is -2.20. The second-order valence-electron chi connectivity index (χ2n) is 7.33. The van der Waals surface area contributed by atoms with Crippen molar-refractivity contribution in [1.29, 1.82) is 0 Å². The number of nitrogens with zero attached hydrogens (tertiary/aromatic N) is 2. The Morgan fingerprint density at radius 2 is 1.89 bits per heavy atom. The van der Waals surface area contributed by atoms with E-state index in [1.54, 1.807) is 11.3 Å². The van der Waals surface area contributed by atoms with E-state index in [4.69, 9.17) is 0 Å². The molecule has 0 saturated carbocycles. The zero-order valence-electron chi connectivity index (χ0n) is 16.7. The van der Waals surface area contributed by atoms with Crippen molar-refractivity contribution in [1.82, 2.24) is 15.6 Å². The van der Waals surface area contributed by atoms with Gasteiger partial charge < -0.3 is 15.7 Å². The fourth-order valence-corrected chi connectivity index (χ4v) is 3.19. The molecule has 0 aliphatic heterocycles. The van der Waals surface area contributed by atoms with Gasteiger partial charge in [-0.2, -0.15) is 0 Å². The quantitative estimate of drug-likeness (QED) is 0.315. The minimum Gasteiger partial charge on any atom is -0.387 e. The molecule has 3 N–H and O–H groups in total. The lowest BCUT2D eigenvalue weighted by atomic mass is 9.86. The van der Waals surface area contributed by atoms with Gasteiger partial charge in [0.2, 0.25) is 0 Å². The molecule has 5 nitrogen and oxygen atoms in total. The molecule has 7 heteroatoms. The first-order valence-corrected chi connectivity index (χ1v) is 9.83. The monoisotopic (exact) mass is 502 g/mol. The number of aliphatic imine (C=N–C) groups is 1. The average molecular weight is 502 g/mol. The van der Waals surface area contributed by atoms with Crippen LogP contribution in [0.4, 0.5) is 0 Å². The van der Waals surface area contributed by atoms with Gasteiger partial charge >= 0.3 is 0 Å². The Labute approximate surface area is 183 Å². The Kier molecular flexibility index (Phi) is 9.69. The maximum absolute atomic E-state index is 10.5. The molecular weight excluding hydrogens is 471 g/mol. The van der Waals surface area contributed by atoms with Gasteiger partial charge in [-0.05, 0) is 30.4 Å². The van der Waals surface area contributed by atoms with Gasteiger partial charge in [0.05, 0.1) is 12.6 Å². The summed E-state index contributed by atoms with van der Waals surface area (Å²) < 4.78 is 0. The van der Waals surface area contributed by atoms with Gasteiger partial charge in [-0.25, -0.2) is 9.98 Å². The van der Waals surface area contributed by atoms with Gasteiger partial charge in [-0.3, -0.25) is 0 Å². The number of guanidine groups is 1. The first-order valence-electron chi connectivity index (χ1n) is 9.01. The summed E-state index contributed by atoms with van der Waals surface area (Å²) in [6, 6.07) is 8.16. The smallest absolute Gasteiger partial charge is 0.191 e. The van der Waals surface area contributed by atoms with E-state index in [2.05, 4.69) is 53.5 Å². The number of thiazole rings is 1. The van der Waals surface area contributed by atoms with Gasteiger partial charge in [-0.15, -0.1) is 35.3 Å². The summed E-state index contributed by atoms with van der Waals surface area (Å²) >= 11 is 1.65. The van der Waals surface area contributed by atoms with Crippen LogP contribution in [-0.2, 0) is 12.0 Å². The summed E-state index contributed by atoms with van der Waals surface area (Å²) in [4.78, 5) is 10.0. The first-order chi connectivity index (χ1) is 12.3. The van der Waals surface area contributed by atoms with E-state index < -0.39 is 6.10 Å². The molecule has 1 aromatic carbocycles. The third-order valence-electron chi connectivity index (χ3n) is 4.01. The van der Waals surface area contributed by atoms with E-state index in [1.165, 1.54) is 10.4 Å². The summed E-state index contributed by atoms with van der Waals surface area (Å²) in [6.07, 6.45) is 1.27. The molecule has 1 heterocycles. The van der Waals surface area contributed by atoms with Crippen molar-refractivity contribution in [2.75, 3.05) is 13.1 Å². The van der Waals surface area contributed by atoms with Gasteiger partial charge in [0.1, 0.15) is 5.01 Å². The van der Waals surface area contributed by atoms with Crippen LogP contribution in [0.2, 0.25) is 0 Å². The van der Waals surface area contributed by atoms with E-state index in [9.17, 15) is 5.11 Å². The van der Waals surface area contributed by atoms with Crippen molar-refractivity contribution >= 4 is 41.3 Å². The molecular formula is C20H31IN4OS. The highest BCUT2D eigenvalue weighted by Gasteiger charge is 2.15. The highest BCUT2D eigenvalue weighted by Crippen LogP contribution is 2.23. The largest absolute Gasteiger partial charge is 0.387 e. The van der Waals surface area contributed by atoms with Crippen LogP contribution in [0.25, 0.3) is 0 Å². The minimum atomic E-state index is -0.588. The highest BCUT2D eigenvalue weighted by atomic mass is 127. The lowest BCUT2D eigenvalue weighted by Crippen LogP contribution is -2.39. The molecule has 1 aromatic heterocycles. The van der Waals surface area contributed by atoms with Crippen LogP contribution in [0.3, 0.4) is 0 Å². The number of hydrogen-bond acceptors (Lipinski definition) is 4. The number of benzene rings is 1. The molecule has 1 atom stereocenters. The molecule has 0 amide bonds. The minimum absolute atomic E-state index is 0. The third-order valence-corrected chi connectivity index (χ3v) is 4.91. The van der Waals surface area contributed by atoms with Gasteiger partial charge in [0.15, 0.2) is 5.96 Å². The highest BCUT2D eigenvalue weighted by molar-refractivity contribution is 14.0. The normalized spacial score (nSPS) is 13.0. The fourth-order valence-electron chi connectivity index (χ4n) is 2.48. The van der Waals surface area contributed by atoms with Crippen LogP contribution in [0.5, 0.6) is 0 Å². The predicted molar refractivity (Wildman–Crippen MR) is 125 cm³/mol. The second-order valence-corrected chi connectivity index (χ2v) is 8.65. The number of aliphatic hydroxyl groups excluding tert-OH is 1. The van der Waals surface area contributed by atoms with E-state index in [0.717, 1.165) is 17.1 Å². The summed E-state index contributed by atoms with van der Waals surface area (Å²) in [5.41, 5.74) is 2.27. The number of aromatic nitrogens is 1. The lowest BCUT2D eigenvalue weighted by molar-refractivity contribution is 0.181. The number of rotatable bonds is 6. The fraction of sp³-hybridized carbons (Fsp3) is 0.500. The summed E-state index contributed by atoms with van der Waals surface area (Å²) in [5.74, 6) is 0.686. The van der Waals surface area contributed by atoms with Crippen molar-refractivity contribution in [3.05, 3.63) is 51.5 Å². The second kappa shape index (κ2) is 11.0. The maximum Gasteiger partial charge on any atom is 0.191 e. The Morgan fingerprint density at radius 1 is 1.22 bits per heavy atom. The Hall–Kier alpha value is -1.19. The molecule has 0 saturated heterocycles. The standard InChI is InChI=1S/C20H30N4OS.HI/c1-6-21-19(24-13-18-22-11-14(2)26-18)23-12-17(25)15-7-9-16(10-8-15)20(3,4)5;/h7-11,17,25H,6,12-13H2,1-5H3,(H2,21,23,24);1H. The van der Waals surface area contributed by atoms with Crippen molar-refractivity contribution in [3.8, 4) is 0 Å². The zero-order valence-corrected chi connectivity index (χ0v) is 19.9. The number of aryl methyl sites for hydroxylation is 1. The van der Waals surface area contributed by atoms with Crippen molar-refractivity contribution in [2.45, 2.75) is 52.7 Å². The summed E-state index contributed by atoms with van der Waals surface area (Å²) in [5, 5.41) is 17.9. The molecule has 0 fully saturated rings. The summed E-state index contributed by atoms with van der Waals surface area (Å²) in [7, 11) is 0. The van der Waals surface area contributed by atoms with E-state index in [-0.39, 0.29) is 29.4 Å². The molecule has 0 aliphatic rings. The van der Waals surface area contributed by atoms with Crippen LogP contribution in [0.15, 0.2) is 35.5 Å². The Bertz CT molecular complexity index is 722. The maximum atomic E-state index is 10.5. The molecule has 0 spiro atoms. The van der Waals surface area contributed by atoms with Crippen LogP contribution >= 0.6 is 35.3 Å². The van der Waals surface area contributed by atoms with Crippen molar-refractivity contribution < 1.29 is 5.11 Å². The van der Waals surface area contributed by atoms with E-state index in [0.29, 0.717) is 19.0 Å². The van der Waals surface area contributed by atoms with Crippen LogP contribution in [0.1, 0.15) is 54.8 Å². The van der Waals surface area contributed by atoms with E-state index >= 15 is 0 Å². The Morgan fingerprint density at radius 3 is 2.41 bits per heavy atom. The SMILES string of the molecule is CCNC(=NCc1ncc(C)s1)NCC(O)c1ccc(C(C)(C)C)cc1.I. The number of hydrogen-bond donors (Lipinski definition) is 3. The molecule has 0 radical (unpaired) electrons. The molecule has 27 heavy (non-hydrogen) atoms. The summed E-state index contributed by atoms with van der Waals surface area (Å²) in [6.45, 7) is 12.3. The zero-order chi connectivity index (χ0) is 19.2. The number of nitrogens with one attached hydrogen (secondary N) is 2. The Balaban J connectivity index is 0.00000364. The van der Waals surface area contributed by atoms with Gasteiger partial charge in [-0.1, -0.05) is 45.0 Å². The first kappa shape index (κ1) is 23.8. The van der Waals surface area contributed by atoms with Crippen molar-refractivity contribution in [2.24, 2.45) is 4.99 Å². The number of halogens is 1. The van der Waals surface area contributed by atoms with Crippen molar-refractivity contribution in [3.63, 3.8) is 0 Å². The average Bonchev–Trinajstić information content (AvgIpc) is 3.02. The van der Waals surface area contributed by atoms with Gasteiger partial charge in [0.25, 0.3) is 0 Å². The van der Waals surface area contributed by atoms with Crippen LogP contribution < -0.4 is 10.6 Å². The third kappa shape index (κ3) is 7.75. The van der Waals surface area contributed by atoms with Crippen LogP contribution in [-0.4, -0.2) is 29.1 Å². The molecule has 2 aromatic rings. The topological polar surface area (TPSA) is 69.5 Å². The molecule has 1 unspecified atom stereocenters. The van der Waals surface area contributed by atoms with E-state index in [1.807, 2.05) is 32.2 Å². The predicted octanol–water partition coefficient (Wildman–Crippen LogP) is 4.16. The van der Waals surface area contributed by atoms with Crippen LogP contribution in [0, 0.1) is 6.92 Å². The molecule has 2 rings (SSSR count). The number of aliphatic hydroxyl groups is 1. The van der Waals surface area contributed by atoms with Gasteiger partial charge in [0, 0.05) is 24.2 Å².